The average Bonchev–Trinajstić information content (AvgIpc) is 3.23. The third-order valence-corrected chi connectivity index (χ3v) is 7.83. The van der Waals surface area contributed by atoms with Crippen molar-refractivity contribution >= 4 is 46.0 Å². The monoisotopic (exact) mass is 692 g/mol. The number of esters is 1. The van der Waals surface area contributed by atoms with Crippen molar-refractivity contribution in [3.8, 4) is 23.0 Å². The number of thiazole rings is 1. The number of carbonyl (C=O) groups is 1. The molecule has 0 saturated carbocycles. The molecule has 0 spiro atoms. The summed E-state index contributed by atoms with van der Waals surface area (Å²) in [5.41, 5.74) is 1.84. The highest BCUT2D eigenvalue weighted by molar-refractivity contribution is 14.1. The largest absolute Gasteiger partial charge is 0.493 e. The van der Waals surface area contributed by atoms with E-state index in [4.69, 9.17) is 23.7 Å². The second-order valence-electron chi connectivity index (χ2n) is 9.34. The molecule has 1 atom stereocenters. The number of fused-ring (bicyclic) bond motifs is 1. The van der Waals surface area contributed by atoms with E-state index in [1.54, 1.807) is 50.8 Å². The van der Waals surface area contributed by atoms with E-state index >= 15 is 0 Å². The van der Waals surface area contributed by atoms with Crippen LogP contribution in [0.4, 0.5) is 0 Å². The lowest BCUT2D eigenvalue weighted by atomic mass is 9.95. The molecule has 1 aliphatic heterocycles. The molecule has 0 fully saturated rings. The molecule has 2 aromatic carbocycles. The van der Waals surface area contributed by atoms with E-state index in [0.717, 1.165) is 3.57 Å². The fourth-order valence-corrected chi connectivity index (χ4v) is 6.26. The summed E-state index contributed by atoms with van der Waals surface area (Å²) in [6, 6.07) is 8.42. The molecular weight excluding hydrogens is 659 g/mol. The Morgan fingerprint density at radius 3 is 2.46 bits per heavy atom. The van der Waals surface area contributed by atoms with Crippen LogP contribution < -0.4 is 33.8 Å². The van der Waals surface area contributed by atoms with Crippen LogP contribution in [0, 0.1) is 3.57 Å². The molecule has 2 heterocycles. The second kappa shape index (κ2) is 13.1. The lowest BCUT2D eigenvalue weighted by Crippen LogP contribution is -2.40. The van der Waals surface area contributed by atoms with Crippen molar-refractivity contribution in [1.29, 1.82) is 0 Å². The molecule has 3 aromatic rings. The Hall–Kier alpha value is -3.32. The molecular formula is C30H33IN2O7S. The van der Waals surface area contributed by atoms with Gasteiger partial charge in [0, 0.05) is 9.13 Å². The maximum atomic E-state index is 14.1. The van der Waals surface area contributed by atoms with Crippen molar-refractivity contribution in [2.75, 3.05) is 27.4 Å². The van der Waals surface area contributed by atoms with Crippen LogP contribution >= 0.6 is 33.9 Å². The third-order valence-electron chi connectivity index (χ3n) is 6.23. The molecule has 11 heteroatoms. The fourth-order valence-electron chi connectivity index (χ4n) is 4.60. The zero-order valence-corrected chi connectivity index (χ0v) is 27.0. The Balaban J connectivity index is 1.98. The van der Waals surface area contributed by atoms with E-state index in [-0.39, 0.29) is 23.8 Å². The number of nitrogens with zero attached hydrogens (tertiary/aromatic N) is 2. The number of ether oxygens (including phenoxy) is 5. The van der Waals surface area contributed by atoms with E-state index in [1.807, 2.05) is 39.0 Å². The highest BCUT2D eigenvalue weighted by Crippen LogP contribution is 2.37. The van der Waals surface area contributed by atoms with Crippen molar-refractivity contribution in [1.82, 2.24) is 4.57 Å². The minimum atomic E-state index is -0.786. The lowest BCUT2D eigenvalue weighted by Gasteiger charge is -2.25. The van der Waals surface area contributed by atoms with Gasteiger partial charge < -0.3 is 23.7 Å². The molecule has 4 rings (SSSR count). The van der Waals surface area contributed by atoms with Crippen molar-refractivity contribution in [2.24, 2.45) is 4.99 Å². The molecule has 9 nitrogen and oxygen atoms in total. The maximum Gasteiger partial charge on any atom is 0.338 e. The topological polar surface area (TPSA) is 97.6 Å². The molecule has 0 radical (unpaired) electrons. The predicted molar refractivity (Wildman–Crippen MR) is 166 cm³/mol. The molecule has 0 amide bonds. The van der Waals surface area contributed by atoms with Gasteiger partial charge in [0.1, 0.15) is 0 Å². The van der Waals surface area contributed by atoms with Gasteiger partial charge >= 0.3 is 5.97 Å². The lowest BCUT2D eigenvalue weighted by molar-refractivity contribution is -0.139. The molecule has 1 aliphatic rings. The van der Waals surface area contributed by atoms with Gasteiger partial charge in [0.15, 0.2) is 27.8 Å². The molecule has 0 aliphatic carbocycles. The number of carbonyl (C=O) groups excluding carboxylic acids is 1. The van der Waals surface area contributed by atoms with E-state index in [2.05, 4.69) is 27.6 Å². The van der Waals surface area contributed by atoms with Crippen molar-refractivity contribution in [2.45, 2.75) is 46.8 Å². The fraction of sp³-hybridized carbons (Fsp3) is 0.367. The predicted octanol–water partition coefficient (Wildman–Crippen LogP) is 4.61. The number of aromatic nitrogens is 1. The van der Waals surface area contributed by atoms with Crippen molar-refractivity contribution in [3.63, 3.8) is 0 Å². The number of halogens is 1. The summed E-state index contributed by atoms with van der Waals surface area (Å²) in [5.74, 6) is 1.64. The van der Waals surface area contributed by atoms with Crippen LogP contribution in [-0.4, -0.2) is 44.1 Å². The van der Waals surface area contributed by atoms with Crippen LogP contribution in [0.1, 0.15) is 51.8 Å². The first-order valence-electron chi connectivity index (χ1n) is 13.2. The van der Waals surface area contributed by atoms with Gasteiger partial charge in [-0.15, -0.1) is 0 Å². The van der Waals surface area contributed by atoms with Gasteiger partial charge in [-0.25, -0.2) is 9.79 Å². The Bertz CT molecular complexity index is 1670. The summed E-state index contributed by atoms with van der Waals surface area (Å²) < 4.78 is 31.3. The highest BCUT2D eigenvalue weighted by Gasteiger charge is 2.34. The number of methoxy groups -OCH3 is 2. The molecule has 1 aromatic heterocycles. The van der Waals surface area contributed by atoms with Crippen LogP contribution in [0.3, 0.4) is 0 Å². The number of benzene rings is 2. The number of hydrogen-bond acceptors (Lipinski definition) is 9. The van der Waals surface area contributed by atoms with Crippen LogP contribution in [0.25, 0.3) is 6.08 Å². The van der Waals surface area contributed by atoms with E-state index in [1.165, 1.54) is 11.3 Å². The Labute approximate surface area is 256 Å². The van der Waals surface area contributed by atoms with Gasteiger partial charge in [-0.2, -0.15) is 0 Å². The number of hydrogen-bond donors (Lipinski definition) is 0. The van der Waals surface area contributed by atoms with E-state index < -0.39 is 12.0 Å². The molecule has 0 bridgehead atoms. The van der Waals surface area contributed by atoms with Crippen LogP contribution in [0.2, 0.25) is 0 Å². The van der Waals surface area contributed by atoms with Crippen molar-refractivity contribution in [3.05, 3.63) is 76.0 Å². The Morgan fingerprint density at radius 2 is 1.83 bits per heavy atom. The van der Waals surface area contributed by atoms with Gasteiger partial charge in [-0.1, -0.05) is 17.4 Å². The Morgan fingerprint density at radius 1 is 1.10 bits per heavy atom. The van der Waals surface area contributed by atoms with Gasteiger partial charge in [0.25, 0.3) is 5.56 Å². The first-order valence-corrected chi connectivity index (χ1v) is 15.1. The summed E-state index contributed by atoms with van der Waals surface area (Å²) in [6.45, 7) is 9.85. The normalized spacial score (nSPS) is 15.0. The molecule has 218 valence electrons. The summed E-state index contributed by atoms with van der Waals surface area (Å²) in [5, 5.41) is 0. The minimum Gasteiger partial charge on any atom is -0.493 e. The number of allylic oxidation sites excluding steroid dienone is 1. The van der Waals surface area contributed by atoms with Gasteiger partial charge in [-0.05, 0) is 93.1 Å². The first kappa shape index (κ1) is 30.6. The van der Waals surface area contributed by atoms with E-state index in [9.17, 15) is 9.59 Å². The summed E-state index contributed by atoms with van der Waals surface area (Å²) in [7, 11) is 3.13. The molecule has 0 unspecified atom stereocenters. The maximum absolute atomic E-state index is 14.1. The minimum absolute atomic E-state index is 0.0640. The van der Waals surface area contributed by atoms with Gasteiger partial charge in [0.2, 0.25) is 0 Å². The zero-order chi connectivity index (χ0) is 29.8. The van der Waals surface area contributed by atoms with E-state index in [0.29, 0.717) is 55.8 Å². The standard InChI is InChI=1S/C30H33IN2O7S/c1-8-38-27-19(12-20(31)15-23(27)37-7)14-24-28(34)33-26(18-10-11-21(40-16(3)4)22(13-18)36-6)25(29(35)39-9-2)17(5)32-30(33)41-24/h10-16,26H,8-9H2,1-7H3/b24-14+/t26-/m1/s1. The summed E-state index contributed by atoms with van der Waals surface area (Å²) in [6.07, 6.45) is 1.71. The van der Waals surface area contributed by atoms with Gasteiger partial charge in [-0.3, -0.25) is 9.36 Å². The highest BCUT2D eigenvalue weighted by atomic mass is 127. The van der Waals surface area contributed by atoms with Crippen molar-refractivity contribution < 1.29 is 28.5 Å². The molecule has 41 heavy (non-hydrogen) atoms. The van der Waals surface area contributed by atoms with Crippen LogP contribution in [0.15, 0.2) is 51.4 Å². The molecule has 0 saturated heterocycles. The smallest absolute Gasteiger partial charge is 0.338 e. The SMILES string of the molecule is CCOC(=O)C1=C(C)N=c2s/c(=C/c3cc(I)cc(OC)c3OCC)c(=O)n2[C@@H]1c1ccc(OC(C)C)c(OC)c1. The quantitative estimate of drug-likeness (QED) is 0.226. The summed E-state index contributed by atoms with van der Waals surface area (Å²) in [4.78, 5) is 32.5. The average molecular weight is 693 g/mol. The Kier molecular flexibility index (Phi) is 9.80. The second-order valence-corrected chi connectivity index (χ2v) is 11.6. The molecule has 0 N–H and O–H groups in total. The zero-order valence-electron chi connectivity index (χ0n) is 24.1. The van der Waals surface area contributed by atoms with Gasteiger partial charge in [0.05, 0.1) is 55.4 Å². The van der Waals surface area contributed by atoms with Crippen LogP contribution in [-0.2, 0) is 9.53 Å². The first-order chi connectivity index (χ1) is 19.6. The summed E-state index contributed by atoms with van der Waals surface area (Å²) >= 11 is 3.44. The number of rotatable bonds is 10. The van der Waals surface area contributed by atoms with Crippen LogP contribution in [0.5, 0.6) is 23.0 Å². The third kappa shape index (κ3) is 6.30.